The highest BCUT2D eigenvalue weighted by molar-refractivity contribution is 6.03. The van der Waals surface area contributed by atoms with Crippen molar-refractivity contribution in [2.75, 3.05) is 18.0 Å². The molecule has 0 unspecified atom stereocenters. The van der Waals surface area contributed by atoms with Crippen LogP contribution in [0.2, 0.25) is 0 Å². The number of nitrogens with two attached hydrogens (primary N) is 1. The third-order valence-corrected chi connectivity index (χ3v) is 9.55. The van der Waals surface area contributed by atoms with Gasteiger partial charge in [0.15, 0.2) is 5.65 Å². The van der Waals surface area contributed by atoms with Crippen LogP contribution < -0.4 is 16.2 Å². The maximum atomic E-state index is 13.6. The minimum Gasteiger partial charge on any atom is -0.347 e. The first kappa shape index (κ1) is 22.8. The Kier molecular flexibility index (Phi) is 4.77. The van der Waals surface area contributed by atoms with Crippen LogP contribution in [0.15, 0.2) is 59.4 Å². The smallest absolute Gasteiger partial charge is 0.264 e. The van der Waals surface area contributed by atoms with Gasteiger partial charge < -0.3 is 15.2 Å². The number of H-pyrrole nitrogens is 2. The Morgan fingerprint density at radius 1 is 1.08 bits per heavy atom. The first-order valence-electron chi connectivity index (χ1n) is 13.9. The molecule has 0 bridgehead atoms. The average Bonchev–Trinajstić information content (AvgIpc) is 3.61. The average molecular weight is 518 g/mol. The summed E-state index contributed by atoms with van der Waals surface area (Å²) >= 11 is 0. The van der Waals surface area contributed by atoms with Gasteiger partial charge in [0.1, 0.15) is 11.1 Å². The summed E-state index contributed by atoms with van der Waals surface area (Å²) in [5.41, 5.74) is 15.2. The molecule has 0 radical (unpaired) electrons. The van der Waals surface area contributed by atoms with E-state index in [0.29, 0.717) is 22.7 Å². The highest BCUT2D eigenvalue weighted by Crippen LogP contribution is 2.50. The van der Waals surface area contributed by atoms with E-state index in [0.717, 1.165) is 50.8 Å². The van der Waals surface area contributed by atoms with Gasteiger partial charge in [0.2, 0.25) is 5.95 Å². The Hall–Kier alpha value is -4.17. The third-order valence-electron chi connectivity index (χ3n) is 9.55. The molecule has 1 aliphatic heterocycles. The second kappa shape index (κ2) is 8.16. The number of piperidine rings is 1. The van der Waals surface area contributed by atoms with Crippen molar-refractivity contribution in [2.45, 2.75) is 38.1 Å². The number of aryl methyl sites for hydroxylation is 1. The van der Waals surface area contributed by atoms with Crippen LogP contribution in [0.1, 0.15) is 53.4 Å². The SMILES string of the molecule is Cn1c2c(c3ccccc31)C(c1n[nH]c3nc(N4CCC5(CC4)Cc4ccccc4[C@H]5N)[nH]c(=O)c13)=CCC2. The Balaban J connectivity index is 1.12. The number of benzene rings is 2. The number of hydrogen-bond acceptors (Lipinski definition) is 5. The van der Waals surface area contributed by atoms with Crippen molar-refractivity contribution in [1.82, 2.24) is 24.7 Å². The summed E-state index contributed by atoms with van der Waals surface area (Å²) in [7, 11) is 2.12. The molecule has 8 heteroatoms. The van der Waals surface area contributed by atoms with Gasteiger partial charge in [0.25, 0.3) is 5.56 Å². The van der Waals surface area contributed by atoms with Crippen LogP contribution >= 0.6 is 0 Å². The minimum absolute atomic E-state index is 0.0585. The van der Waals surface area contributed by atoms with Gasteiger partial charge in [-0.2, -0.15) is 10.1 Å². The van der Waals surface area contributed by atoms with E-state index in [1.54, 1.807) is 0 Å². The zero-order chi connectivity index (χ0) is 26.3. The van der Waals surface area contributed by atoms with Crippen molar-refractivity contribution in [3.8, 4) is 0 Å². The lowest BCUT2D eigenvalue weighted by Gasteiger charge is -2.42. The van der Waals surface area contributed by atoms with E-state index in [4.69, 9.17) is 10.7 Å². The van der Waals surface area contributed by atoms with Crippen molar-refractivity contribution in [2.24, 2.45) is 18.2 Å². The number of allylic oxidation sites excluding steroid dienone is 1. The van der Waals surface area contributed by atoms with Crippen LogP contribution in [0.4, 0.5) is 5.95 Å². The molecule has 8 nitrogen and oxygen atoms in total. The molecule has 3 aliphatic rings. The van der Waals surface area contributed by atoms with Crippen LogP contribution in [-0.4, -0.2) is 37.8 Å². The number of para-hydroxylation sites is 1. The second-order valence-corrected chi connectivity index (χ2v) is 11.4. The largest absolute Gasteiger partial charge is 0.347 e. The molecule has 3 aromatic heterocycles. The molecule has 0 amide bonds. The van der Waals surface area contributed by atoms with E-state index in [9.17, 15) is 4.79 Å². The zero-order valence-electron chi connectivity index (χ0n) is 22.0. The maximum Gasteiger partial charge on any atom is 0.264 e. The Labute approximate surface area is 225 Å². The van der Waals surface area contributed by atoms with Gasteiger partial charge in [0, 0.05) is 53.9 Å². The number of aromatic amines is 2. The molecule has 39 heavy (non-hydrogen) atoms. The summed E-state index contributed by atoms with van der Waals surface area (Å²) in [6.07, 6.45) is 7.05. The van der Waals surface area contributed by atoms with Gasteiger partial charge in [-0.15, -0.1) is 0 Å². The number of nitrogens with zero attached hydrogens (tertiary/aromatic N) is 4. The summed E-state index contributed by atoms with van der Waals surface area (Å²) < 4.78 is 2.27. The van der Waals surface area contributed by atoms with Gasteiger partial charge in [-0.25, -0.2) is 0 Å². The zero-order valence-corrected chi connectivity index (χ0v) is 22.0. The van der Waals surface area contributed by atoms with E-state index in [2.05, 4.69) is 86.3 Å². The molecule has 1 atom stereocenters. The number of hydrogen-bond donors (Lipinski definition) is 3. The third kappa shape index (κ3) is 3.18. The van der Waals surface area contributed by atoms with Gasteiger partial charge in [-0.1, -0.05) is 48.5 Å². The number of rotatable bonds is 2. The standard InChI is InChI=1S/C31H31N7O/c1-37-22-11-5-4-9-20(22)24-21(10-6-12-23(24)37)26-25-28(36-35-26)33-30(34-29(25)39)38-15-13-31(14-16-38)17-18-7-2-3-8-19(18)27(31)32/h2-5,7-11,27H,6,12-17,32H2,1H3,(H2,33,34,35,36,39)/t27-/m1/s1. The molecule has 5 aromatic rings. The molecule has 8 rings (SSSR count). The summed E-state index contributed by atoms with van der Waals surface area (Å²) in [6, 6.07) is 17.1. The van der Waals surface area contributed by atoms with Crippen molar-refractivity contribution in [3.05, 3.63) is 93.0 Å². The van der Waals surface area contributed by atoms with Crippen LogP contribution in [0.5, 0.6) is 0 Å². The highest BCUT2D eigenvalue weighted by Gasteiger charge is 2.46. The molecule has 4 N–H and O–H groups in total. The van der Waals surface area contributed by atoms with Crippen molar-refractivity contribution < 1.29 is 0 Å². The van der Waals surface area contributed by atoms with E-state index in [1.165, 1.54) is 33.3 Å². The van der Waals surface area contributed by atoms with Crippen molar-refractivity contribution in [1.29, 1.82) is 0 Å². The van der Waals surface area contributed by atoms with E-state index in [1.807, 2.05) is 0 Å². The fraction of sp³-hybridized carbons (Fsp3) is 0.323. The topological polar surface area (TPSA) is 109 Å². The predicted molar refractivity (Wildman–Crippen MR) is 154 cm³/mol. The summed E-state index contributed by atoms with van der Waals surface area (Å²) in [5.74, 6) is 0.602. The monoisotopic (exact) mass is 517 g/mol. The van der Waals surface area contributed by atoms with E-state index < -0.39 is 0 Å². The molecular formula is C31H31N7O. The lowest BCUT2D eigenvalue weighted by Crippen LogP contribution is -2.45. The molecule has 4 heterocycles. The second-order valence-electron chi connectivity index (χ2n) is 11.4. The molecule has 1 saturated heterocycles. The van der Waals surface area contributed by atoms with Crippen LogP contribution in [0.3, 0.4) is 0 Å². The summed E-state index contributed by atoms with van der Waals surface area (Å²) in [5, 5.41) is 9.44. The maximum absolute atomic E-state index is 13.6. The lowest BCUT2D eigenvalue weighted by molar-refractivity contribution is 0.187. The lowest BCUT2D eigenvalue weighted by atomic mass is 9.73. The predicted octanol–water partition coefficient (Wildman–Crippen LogP) is 4.36. The minimum atomic E-state index is -0.155. The van der Waals surface area contributed by atoms with Gasteiger partial charge in [-0.3, -0.25) is 14.9 Å². The molecule has 2 aromatic carbocycles. The Morgan fingerprint density at radius 2 is 1.87 bits per heavy atom. The highest BCUT2D eigenvalue weighted by atomic mass is 16.1. The first-order valence-corrected chi connectivity index (χ1v) is 13.9. The number of aromatic nitrogens is 5. The van der Waals surface area contributed by atoms with Crippen LogP contribution in [-0.2, 0) is 19.9 Å². The Morgan fingerprint density at radius 3 is 2.72 bits per heavy atom. The quantitative estimate of drug-likeness (QED) is 0.322. The summed E-state index contributed by atoms with van der Waals surface area (Å²) in [4.78, 5) is 23.7. The fourth-order valence-electron chi connectivity index (χ4n) is 7.45. The van der Waals surface area contributed by atoms with Crippen molar-refractivity contribution in [3.63, 3.8) is 0 Å². The van der Waals surface area contributed by atoms with Gasteiger partial charge >= 0.3 is 0 Å². The number of fused-ring (bicyclic) bond motifs is 5. The summed E-state index contributed by atoms with van der Waals surface area (Å²) in [6.45, 7) is 1.61. The molecule has 1 spiro atoms. The van der Waals surface area contributed by atoms with Gasteiger partial charge in [-0.05, 0) is 54.7 Å². The molecule has 2 aliphatic carbocycles. The number of nitrogens with one attached hydrogen (secondary N) is 2. The molecule has 0 saturated carbocycles. The van der Waals surface area contributed by atoms with Crippen LogP contribution in [0, 0.1) is 5.41 Å². The first-order chi connectivity index (χ1) is 19.0. The van der Waals surface area contributed by atoms with E-state index >= 15 is 0 Å². The molecular weight excluding hydrogens is 486 g/mol. The normalized spacial score (nSPS) is 20.0. The fourth-order valence-corrected chi connectivity index (χ4v) is 7.45. The van der Waals surface area contributed by atoms with Gasteiger partial charge in [0.05, 0.1) is 0 Å². The van der Waals surface area contributed by atoms with Crippen LogP contribution in [0.25, 0.3) is 27.5 Å². The van der Waals surface area contributed by atoms with E-state index in [-0.39, 0.29) is 17.0 Å². The number of anilines is 1. The van der Waals surface area contributed by atoms with Crippen molar-refractivity contribution >= 4 is 33.5 Å². The Bertz CT molecular complexity index is 1870. The molecule has 196 valence electrons. The molecule has 1 fully saturated rings.